The van der Waals surface area contributed by atoms with E-state index in [0.29, 0.717) is 0 Å². The van der Waals surface area contributed by atoms with E-state index >= 15 is 0 Å². The number of nitrogens with one attached hydrogen (secondary N) is 2. The van der Waals surface area contributed by atoms with Gasteiger partial charge in [-0.25, -0.2) is 0 Å². The zero-order valence-electron chi connectivity index (χ0n) is 13.4. The molecule has 2 aliphatic heterocycles. The van der Waals surface area contributed by atoms with E-state index in [4.69, 9.17) is 0 Å². The van der Waals surface area contributed by atoms with Crippen LogP contribution in [0.25, 0.3) is 0 Å². The molecule has 7 heteroatoms. The zero-order valence-corrected chi connectivity index (χ0v) is 14.3. The van der Waals surface area contributed by atoms with Crippen molar-refractivity contribution in [2.24, 2.45) is 20.2 Å². The van der Waals surface area contributed by atoms with Crippen molar-refractivity contribution >= 4 is 24.1 Å². The molecule has 120 valence electrons. The first-order valence-corrected chi connectivity index (χ1v) is 7.43. The van der Waals surface area contributed by atoms with Crippen LogP contribution < -0.4 is 10.6 Å². The summed E-state index contributed by atoms with van der Waals surface area (Å²) >= 11 is 0. The molecule has 0 unspecified atom stereocenters. The van der Waals surface area contributed by atoms with Crippen LogP contribution in [0.3, 0.4) is 0 Å². The Morgan fingerprint density at radius 2 is 1.19 bits per heavy atom. The molecule has 2 heterocycles. The molecule has 21 heavy (non-hydrogen) atoms. The largest absolute Gasteiger partial charge is 0.372 e. The Labute approximate surface area is 133 Å². The van der Waals surface area contributed by atoms with Gasteiger partial charge in [0, 0.05) is 26.2 Å². The summed E-state index contributed by atoms with van der Waals surface area (Å²) in [6.45, 7) is 11.8. The van der Waals surface area contributed by atoms with Crippen LogP contribution in [-0.4, -0.2) is 48.9 Å². The van der Waals surface area contributed by atoms with Gasteiger partial charge in [0.2, 0.25) is 0 Å². The van der Waals surface area contributed by atoms with Crippen LogP contribution in [0.4, 0.5) is 0 Å². The van der Waals surface area contributed by atoms with Gasteiger partial charge in [-0.1, -0.05) is 0 Å². The highest BCUT2D eigenvalue weighted by atomic mass is 35.5. The molecule has 0 atom stereocenters. The maximum Gasteiger partial charge on any atom is 0.133 e. The number of nitrogens with zero attached hydrogens (tertiary/aromatic N) is 4. The molecular weight excluding hydrogens is 288 g/mol. The Morgan fingerprint density at radius 3 is 1.48 bits per heavy atom. The Hall–Kier alpha value is -1.17. The highest BCUT2D eigenvalue weighted by Crippen LogP contribution is 2.19. The van der Waals surface area contributed by atoms with E-state index in [0.717, 1.165) is 50.7 Å². The van der Waals surface area contributed by atoms with Crippen molar-refractivity contribution in [2.45, 2.75) is 51.6 Å². The minimum Gasteiger partial charge on any atom is -0.372 e. The molecular formula is C14H27ClN6. The summed E-state index contributed by atoms with van der Waals surface area (Å²) in [6.07, 6.45) is 2.17. The number of aliphatic imine (C=N–C) groups is 2. The topological polar surface area (TPSA) is 73.5 Å². The summed E-state index contributed by atoms with van der Waals surface area (Å²) in [7, 11) is 0. The smallest absolute Gasteiger partial charge is 0.133 e. The fourth-order valence-corrected chi connectivity index (χ4v) is 2.23. The molecule has 0 aromatic rings. The van der Waals surface area contributed by atoms with Crippen molar-refractivity contribution in [2.75, 3.05) is 26.2 Å². The molecule has 0 saturated heterocycles. The van der Waals surface area contributed by atoms with Crippen molar-refractivity contribution in [3.63, 3.8) is 0 Å². The molecule has 0 aromatic heterocycles. The first-order valence-electron chi connectivity index (χ1n) is 7.43. The van der Waals surface area contributed by atoms with Crippen LogP contribution in [0.5, 0.6) is 0 Å². The van der Waals surface area contributed by atoms with Crippen molar-refractivity contribution in [3.05, 3.63) is 0 Å². The van der Waals surface area contributed by atoms with Crippen molar-refractivity contribution < 1.29 is 0 Å². The predicted octanol–water partition coefficient (Wildman–Crippen LogP) is 2.20. The van der Waals surface area contributed by atoms with E-state index in [9.17, 15) is 0 Å². The second kappa shape index (κ2) is 7.20. The second-order valence-electron chi connectivity index (χ2n) is 6.34. The fourth-order valence-electron chi connectivity index (χ4n) is 2.23. The Balaban J connectivity index is 0.00000220. The standard InChI is InChI=1S/C14H26N6.ClH/c1-13(2,11-15-7-5-8-16-11)19-20-14(3,4)12-17-9-6-10-18-12;/h5-10H2,1-4H3,(H,15,16)(H,17,18);1H. The van der Waals surface area contributed by atoms with Crippen LogP contribution in [0, 0.1) is 0 Å². The summed E-state index contributed by atoms with van der Waals surface area (Å²) < 4.78 is 0. The third kappa shape index (κ3) is 4.66. The third-order valence-corrected chi connectivity index (χ3v) is 3.50. The van der Waals surface area contributed by atoms with Crippen molar-refractivity contribution in [3.8, 4) is 0 Å². The van der Waals surface area contributed by atoms with Gasteiger partial charge in [0.05, 0.1) is 0 Å². The van der Waals surface area contributed by atoms with E-state index in [2.05, 4.69) is 30.8 Å². The van der Waals surface area contributed by atoms with Gasteiger partial charge in [-0.2, -0.15) is 10.2 Å². The Kier molecular flexibility index (Phi) is 6.13. The fraction of sp³-hybridized carbons (Fsp3) is 0.857. The maximum atomic E-state index is 4.54. The van der Waals surface area contributed by atoms with Crippen molar-refractivity contribution in [1.82, 2.24) is 10.6 Å². The molecule has 0 saturated carbocycles. The number of rotatable bonds is 4. The Morgan fingerprint density at radius 1 is 0.810 bits per heavy atom. The number of hydrogen-bond donors (Lipinski definition) is 2. The quantitative estimate of drug-likeness (QED) is 0.781. The molecule has 0 radical (unpaired) electrons. The number of azo groups is 1. The number of hydrogen-bond acceptors (Lipinski definition) is 6. The second-order valence-corrected chi connectivity index (χ2v) is 6.34. The Bertz CT molecular complexity index is 399. The van der Waals surface area contributed by atoms with Gasteiger partial charge < -0.3 is 10.6 Å². The first-order chi connectivity index (χ1) is 9.42. The van der Waals surface area contributed by atoms with Gasteiger partial charge in [0.25, 0.3) is 0 Å². The lowest BCUT2D eigenvalue weighted by Crippen LogP contribution is -2.46. The molecule has 0 fully saturated rings. The van der Waals surface area contributed by atoms with Gasteiger partial charge in [0.15, 0.2) is 0 Å². The minimum atomic E-state index is -0.410. The molecule has 0 aliphatic carbocycles. The molecule has 0 amide bonds. The lowest BCUT2D eigenvalue weighted by atomic mass is 10.0. The minimum absolute atomic E-state index is 0. The molecule has 2 rings (SSSR count). The predicted molar refractivity (Wildman–Crippen MR) is 90.1 cm³/mol. The van der Waals surface area contributed by atoms with Gasteiger partial charge in [-0.05, 0) is 40.5 Å². The van der Waals surface area contributed by atoms with Crippen LogP contribution in [-0.2, 0) is 0 Å². The van der Waals surface area contributed by atoms with E-state index in [-0.39, 0.29) is 12.4 Å². The lowest BCUT2D eigenvalue weighted by molar-refractivity contribution is 0.529. The lowest BCUT2D eigenvalue weighted by Gasteiger charge is -2.29. The average molecular weight is 315 g/mol. The van der Waals surface area contributed by atoms with Crippen LogP contribution >= 0.6 is 12.4 Å². The summed E-state index contributed by atoms with van der Waals surface area (Å²) in [4.78, 5) is 9.04. The molecule has 0 aromatic carbocycles. The normalized spacial score (nSPS) is 20.0. The van der Waals surface area contributed by atoms with Crippen molar-refractivity contribution in [1.29, 1.82) is 0 Å². The number of amidine groups is 2. The van der Waals surface area contributed by atoms with Gasteiger partial charge in [-0.15, -0.1) is 12.4 Å². The average Bonchev–Trinajstić information content (AvgIpc) is 2.47. The summed E-state index contributed by atoms with van der Waals surface area (Å²) in [5, 5.41) is 15.7. The van der Waals surface area contributed by atoms with E-state index in [1.54, 1.807) is 0 Å². The first kappa shape index (κ1) is 17.9. The SMILES string of the molecule is CC(C)(N=NC(C)(C)C1=NCCCN1)C1=NCCCN1.Cl. The summed E-state index contributed by atoms with van der Waals surface area (Å²) in [5.74, 6) is 1.86. The summed E-state index contributed by atoms with van der Waals surface area (Å²) in [5.41, 5.74) is -0.820. The monoisotopic (exact) mass is 314 g/mol. The van der Waals surface area contributed by atoms with Gasteiger partial charge in [0.1, 0.15) is 22.7 Å². The number of halogens is 1. The van der Waals surface area contributed by atoms with Gasteiger partial charge in [-0.3, -0.25) is 9.98 Å². The molecule has 0 spiro atoms. The highest BCUT2D eigenvalue weighted by Gasteiger charge is 2.30. The molecule has 0 bridgehead atoms. The van der Waals surface area contributed by atoms with E-state index < -0.39 is 11.1 Å². The van der Waals surface area contributed by atoms with Crippen LogP contribution in [0.2, 0.25) is 0 Å². The summed E-state index contributed by atoms with van der Waals surface area (Å²) in [6, 6.07) is 0. The molecule has 2 aliphatic rings. The third-order valence-electron chi connectivity index (χ3n) is 3.50. The maximum absolute atomic E-state index is 4.54. The van der Waals surface area contributed by atoms with E-state index in [1.165, 1.54) is 0 Å². The van der Waals surface area contributed by atoms with E-state index in [1.807, 2.05) is 27.7 Å². The van der Waals surface area contributed by atoms with Crippen LogP contribution in [0.15, 0.2) is 20.2 Å². The van der Waals surface area contributed by atoms with Crippen LogP contribution in [0.1, 0.15) is 40.5 Å². The highest BCUT2D eigenvalue weighted by molar-refractivity contribution is 5.92. The molecule has 6 nitrogen and oxygen atoms in total. The molecule has 2 N–H and O–H groups in total. The van der Waals surface area contributed by atoms with Gasteiger partial charge >= 0.3 is 0 Å². The zero-order chi connectivity index (χ0) is 14.6.